The molecule has 2 aromatic heterocycles. The lowest BCUT2D eigenvalue weighted by Crippen LogP contribution is -2.47. The number of nitrogens with one attached hydrogen (secondary N) is 3. The summed E-state index contributed by atoms with van der Waals surface area (Å²) in [5.74, 6) is 0.828. The van der Waals surface area contributed by atoms with Crippen molar-refractivity contribution in [3.8, 4) is 0 Å². The van der Waals surface area contributed by atoms with E-state index in [2.05, 4.69) is 25.6 Å². The number of hydrogen-bond acceptors (Lipinski definition) is 5. The molecular weight excluding hydrogens is 399 g/mol. The molecule has 9 heteroatoms. The number of piperidine rings is 1. The van der Waals surface area contributed by atoms with Crippen molar-refractivity contribution in [3.05, 3.63) is 46.8 Å². The number of halogens is 2. The number of amides is 1. The average Bonchev–Trinajstić information content (AvgIpc) is 3.15. The minimum atomic E-state index is 0.0390. The molecule has 3 aromatic rings. The summed E-state index contributed by atoms with van der Waals surface area (Å²) < 4.78 is 0. The fraction of sp³-hybridized carbons (Fsp3) is 0.316. The number of fused-ring (bicyclic) bond motifs is 1. The van der Waals surface area contributed by atoms with Gasteiger partial charge < -0.3 is 20.5 Å². The highest BCUT2D eigenvalue weighted by molar-refractivity contribution is 6.35. The van der Waals surface area contributed by atoms with Crippen LogP contribution in [0.1, 0.15) is 12.8 Å². The highest BCUT2D eigenvalue weighted by Gasteiger charge is 2.24. The largest absolute Gasteiger partial charge is 0.376 e. The van der Waals surface area contributed by atoms with Crippen LogP contribution in [0.5, 0.6) is 0 Å². The zero-order valence-electron chi connectivity index (χ0n) is 15.1. The molecule has 0 aliphatic carbocycles. The molecule has 1 fully saturated rings. The van der Waals surface area contributed by atoms with Crippen molar-refractivity contribution in [3.63, 3.8) is 0 Å². The molecule has 28 heavy (non-hydrogen) atoms. The second kappa shape index (κ2) is 8.24. The fourth-order valence-electron chi connectivity index (χ4n) is 3.45. The smallest absolute Gasteiger partial charge is 0.241 e. The molecule has 3 heterocycles. The van der Waals surface area contributed by atoms with E-state index in [0.29, 0.717) is 16.6 Å². The maximum Gasteiger partial charge on any atom is 0.241 e. The summed E-state index contributed by atoms with van der Waals surface area (Å²) in [6, 6.07) is 7.25. The molecule has 1 amide bonds. The predicted molar refractivity (Wildman–Crippen MR) is 112 cm³/mol. The monoisotopic (exact) mass is 418 g/mol. The van der Waals surface area contributed by atoms with E-state index in [0.717, 1.165) is 41.9 Å². The number of carbonyl (C=O) groups is 1. The van der Waals surface area contributed by atoms with E-state index in [9.17, 15) is 4.79 Å². The Bertz CT molecular complexity index is 971. The number of anilines is 2. The van der Waals surface area contributed by atoms with Gasteiger partial charge in [-0.15, -0.1) is 0 Å². The normalized spacial score (nSPS) is 16.9. The summed E-state index contributed by atoms with van der Waals surface area (Å²) >= 11 is 12.0. The van der Waals surface area contributed by atoms with Gasteiger partial charge in [0.2, 0.25) is 5.91 Å². The van der Waals surface area contributed by atoms with Gasteiger partial charge in [-0.1, -0.05) is 23.2 Å². The SMILES string of the molecule is O=C(CNc1cc(Cl)cc(Cl)c1)N1CCCC(Nc2ncnc3[nH]ccc23)C1. The van der Waals surface area contributed by atoms with Crippen LogP contribution in [0.4, 0.5) is 11.5 Å². The van der Waals surface area contributed by atoms with Crippen LogP contribution in [-0.4, -0.2) is 51.4 Å². The molecule has 7 nitrogen and oxygen atoms in total. The summed E-state index contributed by atoms with van der Waals surface area (Å²) in [5, 5.41) is 8.58. The van der Waals surface area contributed by atoms with Crippen LogP contribution in [0.15, 0.2) is 36.8 Å². The van der Waals surface area contributed by atoms with E-state index >= 15 is 0 Å². The van der Waals surface area contributed by atoms with Gasteiger partial charge in [0, 0.05) is 41.1 Å². The maximum absolute atomic E-state index is 12.6. The number of hydrogen-bond donors (Lipinski definition) is 3. The number of benzene rings is 1. The zero-order valence-corrected chi connectivity index (χ0v) is 16.6. The number of rotatable bonds is 5. The van der Waals surface area contributed by atoms with E-state index in [1.807, 2.05) is 17.2 Å². The molecule has 0 spiro atoms. The van der Waals surface area contributed by atoms with Gasteiger partial charge in [-0.2, -0.15) is 0 Å². The molecule has 0 bridgehead atoms. The molecule has 3 N–H and O–H groups in total. The number of carbonyl (C=O) groups excluding carboxylic acids is 1. The Hall–Kier alpha value is -2.51. The van der Waals surface area contributed by atoms with Crippen LogP contribution in [0.3, 0.4) is 0 Å². The highest BCUT2D eigenvalue weighted by Crippen LogP contribution is 2.23. The third-order valence-electron chi connectivity index (χ3n) is 4.78. The van der Waals surface area contributed by atoms with E-state index in [1.54, 1.807) is 18.2 Å². The second-order valence-corrected chi connectivity index (χ2v) is 7.67. The van der Waals surface area contributed by atoms with Crippen LogP contribution >= 0.6 is 23.2 Å². The lowest BCUT2D eigenvalue weighted by Gasteiger charge is -2.33. The molecule has 1 atom stereocenters. The molecule has 1 aliphatic heterocycles. The maximum atomic E-state index is 12.6. The number of likely N-dealkylation sites (tertiary alicyclic amines) is 1. The number of nitrogens with zero attached hydrogens (tertiary/aromatic N) is 3. The molecule has 0 saturated carbocycles. The molecule has 1 aliphatic rings. The first-order valence-corrected chi connectivity index (χ1v) is 9.86. The van der Waals surface area contributed by atoms with Crippen molar-refractivity contribution >= 4 is 51.6 Å². The molecule has 1 saturated heterocycles. The van der Waals surface area contributed by atoms with Crippen LogP contribution in [-0.2, 0) is 4.79 Å². The third-order valence-corrected chi connectivity index (χ3v) is 5.21. The van der Waals surface area contributed by atoms with Gasteiger partial charge in [-0.25, -0.2) is 9.97 Å². The lowest BCUT2D eigenvalue weighted by atomic mass is 10.1. The van der Waals surface area contributed by atoms with Crippen molar-refractivity contribution in [1.82, 2.24) is 19.9 Å². The summed E-state index contributed by atoms with van der Waals surface area (Å²) in [7, 11) is 0. The van der Waals surface area contributed by atoms with Crippen molar-refractivity contribution in [2.45, 2.75) is 18.9 Å². The fourth-order valence-corrected chi connectivity index (χ4v) is 3.97. The molecule has 146 valence electrons. The van der Waals surface area contributed by atoms with E-state index in [-0.39, 0.29) is 18.5 Å². The lowest BCUT2D eigenvalue weighted by molar-refractivity contribution is -0.130. The Morgan fingerprint density at radius 3 is 2.89 bits per heavy atom. The van der Waals surface area contributed by atoms with E-state index < -0.39 is 0 Å². The summed E-state index contributed by atoms with van der Waals surface area (Å²) in [4.78, 5) is 26.2. The number of aromatic amines is 1. The van der Waals surface area contributed by atoms with Crippen molar-refractivity contribution in [1.29, 1.82) is 0 Å². The van der Waals surface area contributed by atoms with Crippen molar-refractivity contribution in [2.75, 3.05) is 30.3 Å². The standard InChI is InChI=1S/C19H20Cl2N6O/c20-12-6-13(21)8-15(7-12)23-9-17(28)27-5-1-2-14(10-27)26-19-16-3-4-22-18(16)24-11-25-19/h3-4,6-8,11,14,23H,1-2,5,9-10H2,(H2,22,24,25,26). The van der Waals surface area contributed by atoms with Gasteiger partial charge in [0.1, 0.15) is 17.8 Å². The first kappa shape index (κ1) is 18.8. The van der Waals surface area contributed by atoms with Gasteiger partial charge in [-0.3, -0.25) is 4.79 Å². The number of aromatic nitrogens is 3. The summed E-state index contributed by atoms with van der Waals surface area (Å²) in [6.07, 6.45) is 5.30. The molecular formula is C19H20Cl2N6O. The minimum Gasteiger partial charge on any atom is -0.376 e. The Morgan fingerprint density at radius 1 is 1.25 bits per heavy atom. The van der Waals surface area contributed by atoms with E-state index in [4.69, 9.17) is 23.2 Å². The minimum absolute atomic E-state index is 0.0390. The first-order valence-electron chi connectivity index (χ1n) is 9.11. The summed E-state index contributed by atoms with van der Waals surface area (Å²) in [6.45, 7) is 1.57. The van der Waals surface area contributed by atoms with Crippen LogP contribution in [0.2, 0.25) is 10.0 Å². The second-order valence-electron chi connectivity index (χ2n) is 6.80. The third kappa shape index (κ3) is 4.31. The average molecular weight is 419 g/mol. The quantitative estimate of drug-likeness (QED) is 0.586. The predicted octanol–water partition coefficient (Wildman–Crippen LogP) is 3.78. The van der Waals surface area contributed by atoms with Crippen LogP contribution < -0.4 is 10.6 Å². The van der Waals surface area contributed by atoms with Gasteiger partial charge in [0.15, 0.2) is 0 Å². The Morgan fingerprint density at radius 2 is 2.07 bits per heavy atom. The first-order chi connectivity index (χ1) is 13.6. The van der Waals surface area contributed by atoms with Crippen molar-refractivity contribution in [2.24, 2.45) is 0 Å². The van der Waals surface area contributed by atoms with Gasteiger partial charge >= 0.3 is 0 Å². The van der Waals surface area contributed by atoms with Gasteiger partial charge in [0.05, 0.1) is 11.9 Å². The highest BCUT2D eigenvalue weighted by atomic mass is 35.5. The Kier molecular flexibility index (Phi) is 5.54. The summed E-state index contributed by atoms with van der Waals surface area (Å²) in [5.41, 5.74) is 1.53. The van der Waals surface area contributed by atoms with Gasteiger partial charge in [-0.05, 0) is 37.1 Å². The van der Waals surface area contributed by atoms with Gasteiger partial charge in [0.25, 0.3) is 0 Å². The molecule has 0 radical (unpaired) electrons. The Labute approximate surface area is 172 Å². The van der Waals surface area contributed by atoms with Crippen LogP contribution in [0.25, 0.3) is 11.0 Å². The molecule has 1 unspecified atom stereocenters. The zero-order chi connectivity index (χ0) is 19.5. The molecule has 4 rings (SSSR count). The Balaban J connectivity index is 1.36. The van der Waals surface area contributed by atoms with E-state index in [1.165, 1.54) is 6.33 Å². The van der Waals surface area contributed by atoms with Crippen LogP contribution in [0, 0.1) is 0 Å². The number of H-pyrrole nitrogens is 1. The van der Waals surface area contributed by atoms with Crippen molar-refractivity contribution < 1.29 is 4.79 Å². The topological polar surface area (TPSA) is 85.9 Å². The molecule has 1 aromatic carbocycles.